The van der Waals surface area contributed by atoms with Gasteiger partial charge in [-0.15, -0.1) is 10.2 Å². The largest absolute Gasteiger partial charge is 0.493 e. The molecular weight excluding hydrogens is 999 g/mol. The molecule has 0 radical (unpaired) electrons. The number of benzene rings is 7. The maximum absolute atomic E-state index is 6.88. The molecule has 0 N–H and O–H groups in total. The second-order valence-electron chi connectivity index (χ2n) is 22.3. The van der Waals surface area contributed by atoms with Crippen molar-refractivity contribution >= 4 is 17.1 Å². The molecule has 0 atom stereocenters. The maximum Gasteiger partial charge on any atom is 0.248 e. The van der Waals surface area contributed by atoms with Crippen molar-refractivity contribution in [3.63, 3.8) is 0 Å². The summed E-state index contributed by atoms with van der Waals surface area (Å²) in [5, 5.41) is 9.09. The Morgan fingerprint density at radius 3 is 1.28 bits per heavy atom. The highest BCUT2D eigenvalue weighted by Crippen LogP contribution is 2.46. The van der Waals surface area contributed by atoms with Crippen LogP contribution in [0.4, 0.5) is 17.1 Å². The van der Waals surface area contributed by atoms with Crippen molar-refractivity contribution in [2.45, 2.75) is 164 Å². The molecular formula is C73H89N3O5. The number of aromatic nitrogens is 2. The van der Waals surface area contributed by atoms with Gasteiger partial charge in [-0.1, -0.05) is 191 Å². The minimum absolute atomic E-state index is 0.464. The van der Waals surface area contributed by atoms with Crippen molar-refractivity contribution in [3.8, 4) is 68.2 Å². The van der Waals surface area contributed by atoms with E-state index < -0.39 is 5.41 Å². The van der Waals surface area contributed by atoms with Gasteiger partial charge in [0.15, 0.2) is 0 Å². The molecule has 426 valence electrons. The first-order chi connectivity index (χ1) is 39.6. The SMILES string of the molecule is CCCCCCOc1cc(-c2ccc(-c3nnc(-c4ccc(C(C)(C)c5cc(OCCCCCC)c(-c6ccc(N(c7ccccc7)c7ccc(C)cc7)cc6)cc5OCCCCCC)cc4)o3)cc2)c(OCCCCCC)cc1C. The van der Waals surface area contributed by atoms with Crippen LogP contribution >= 0.6 is 0 Å². The van der Waals surface area contributed by atoms with Gasteiger partial charge in [-0.2, -0.15) is 0 Å². The Hall–Kier alpha value is -7.32. The lowest BCUT2D eigenvalue weighted by Crippen LogP contribution is -2.21. The second-order valence-corrected chi connectivity index (χ2v) is 22.3. The van der Waals surface area contributed by atoms with Gasteiger partial charge in [0.25, 0.3) is 0 Å². The molecule has 0 aliphatic rings. The molecule has 7 aromatic carbocycles. The van der Waals surface area contributed by atoms with E-state index in [1.54, 1.807) is 0 Å². The second kappa shape index (κ2) is 30.5. The lowest BCUT2D eigenvalue weighted by Gasteiger charge is -2.30. The maximum atomic E-state index is 6.88. The molecule has 0 saturated carbocycles. The van der Waals surface area contributed by atoms with Crippen LogP contribution in [-0.2, 0) is 5.41 Å². The number of nitrogens with zero attached hydrogens (tertiary/aromatic N) is 3. The molecule has 1 heterocycles. The zero-order valence-electron chi connectivity index (χ0n) is 50.0. The van der Waals surface area contributed by atoms with Crippen LogP contribution in [0.5, 0.6) is 23.0 Å². The Morgan fingerprint density at radius 2 is 0.790 bits per heavy atom. The molecule has 0 bridgehead atoms. The van der Waals surface area contributed by atoms with E-state index in [1.807, 2.05) is 12.1 Å². The molecule has 8 nitrogen and oxygen atoms in total. The normalized spacial score (nSPS) is 11.5. The molecule has 8 aromatic rings. The van der Waals surface area contributed by atoms with Crippen molar-refractivity contribution in [2.24, 2.45) is 0 Å². The predicted octanol–water partition coefficient (Wildman–Crippen LogP) is 21.0. The Labute approximate surface area is 485 Å². The van der Waals surface area contributed by atoms with Gasteiger partial charge in [-0.3, -0.25) is 0 Å². The van der Waals surface area contributed by atoms with Crippen LogP contribution in [-0.4, -0.2) is 36.6 Å². The van der Waals surface area contributed by atoms with E-state index in [4.69, 9.17) is 23.4 Å². The molecule has 0 saturated heterocycles. The van der Waals surface area contributed by atoms with Crippen LogP contribution in [0.15, 0.2) is 156 Å². The number of rotatable bonds is 33. The van der Waals surface area contributed by atoms with Crippen molar-refractivity contribution in [3.05, 3.63) is 174 Å². The van der Waals surface area contributed by atoms with E-state index in [2.05, 4.69) is 210 Å². The van der Waals surface area contributed by atoms with Crippen LogP contribution in [0, 0.1) is 13.8 Å². The van der Waals surface area contributed by atoms with E-state index in [0.29, 0.717) is 38.2 Å². The Kier molecular flexibility index (Phi) is 22.5. The lowest BCUT2D eigenvalue weighted by atomic mass is 9.76. The summed E-state index contributed by atoms with van der Waals surface area (Å²) in [5.41, 5.74) is 13.2. The standard InChI is InChI=1S/C73H89N3O5/c1-9-13-17-24-46-77-67-51-64(68(50-55(67)6)78-47-25-18-14-10-2)56-32-34-58(35-33-56)71-74-75-72(81-71)59-36-40-60(41-37-59)73(7,8)66-53-69(79-48-26-19-15-11-3)65(52-70(66)80-49-27-20-16-12-4)57-38-44-63(45-39-57)76(61-28-22-21-23-29-61)62-42-30-54(5)31-43-62/h21-23,28-45,50-53H,9-20,24-27,46-49H2,1-8H3. The third-order valence-corrected chi connectivity index (χ3v) is 15.5. The number of unbranched alkanes of at least 4 members (excludes halogenated alkanes) is 12. The van der Waals surface area contributed by atoms with E-state index in [9.17, 15) is 0 Å². The van der Waals surface area contributed by atoms with Crippen molar-refractivity contribution < 1.29 is 23.4 Å². The monoisotopic (exact) mass is 1090 g/mol. The quantitative estimate of drug-likeness (QED) is 0.0377. The van der Waals surface area contributed by atoms with Gasteiger partial charge in [-0.05, 0) is 147 Å². The van der Waals surface area contributed by atoms with Gasteiger partial charge in [-0.25, -0.2) is 0 Å². The molecule has 0 amide bonds. The van der Waals surface area contributed by atoms with Crippen molar-refractivity contribution in [1.82, 2.24) is 10.2 Å². The fourth-order valence-electron chi connectivity index (χ4n) is 10.5. The fraction of sp³-hybridized carbons (Fsp3) is 0.397. The van der Waals surface area contributed by atoms with E-state index in [0.717, 1.165) is 135 Å². The molecule has 0 unspecified atom stereocenters. The summed E-state index contributed by atoms with van der Waals surface area (Å²) in [7, 11) is 0. The first-order valence-corrected chi connectivity index (χ1v) is 30.5. The smallest absolute Gasteiger partial charge is 0.248 e. The van der Waals surface area contributed by atoms with Crippen LogP contribution in [0.3, 0.4) is 0 Å². The molecule has 81 heavy (non-hydrogen) atoms. The van der Waals surface area contributed by atoms with Gasteiger partial charge in [0.2, 0.25) is 11.8 Å². The van der Waals surface area contributed by atoms with Gasteiger partial charge < -0.3 is 28.3 Å². The topological polar surface area (TPSA) is 79.1 Å². The number of ether oxygens (including phenoxy) is 4. The minimum Gasteiger partial charge on any atom is -0.493 e. The van der Waals surface area contributed by atoms with E-state index in [-0.39, 0.29) is 0 Å². The molecule has 0 aliphatic carbocycles. The number of anilines is 3. The zero-order valence-corrected chi connectivity index (χ0v) is 50.0. The summed E-state index contributed by atoms with van der Waals surface area (Å²) >= 11 is 0. The average Bonchev–Trinajstić information content (AvgIpc) is 4.14. The van der Waals surface area contributed by atoms with E-state index >= 15 is 0 Å². The molecule has 8 rings (SSSR count). The summed E-state index contributed by atoms with van der Waals surface area (Å²) in [4.78, 5) is 2.31. The number of hydrogen-bond donors (Lipinski definition) is 0. The van der Waals surface area contributed by atoms with Gasteiger partial charge in [0.1, 0.15) is 23.0 Å². The molecule has 8 heteroatoms. The Bertz CT molecular complexity index is 3130. The molecule has 0 spiro atoms. The Morgan fingerprint density at radius 1 is 0.395 bits per heavy atom. The first kappa shape index (κ1) is 59.8. The summed E-state index contributed by atoms with van der Waals surface area (Å²) in [6.45, 7) is 20.4. The van der Waals surface area contributed by atoms with Crippen LogP contribution in [0.25, 0.3) is 45.2 Å². The number of para-hydroxylation sites is 1. The number of hydrogen-bond acceptors (Lipinski definition) is 8. The molecule has 1 aromatic heterocycles. The van der Waals surface area contributed by atoms with Gasteiger partial charge >= 0.3 is 0 Å². The highest BCUT2D eigenvalue weighted by atomic mass is 16.5. The highest BCUT2D eigenvalue weighted by Gasteiger charge is 2.30. The molecule has 0 fully saturated rings. The third-order valence-electron chi connectivity index (χ3n) is 15.5. The van der Waals surface area contributed by atoms with Gasteiger partial charge in [0.05, 0.1) is 26.4 Å². The minimum atomic E-state index is -0.467. The van der Waals surface area contributed by atoms with Crippen LogP contribution in [0.2, 0.25) is 0 Å². The Balaban J connectivity index is 1.06. The fourth-order valence-corrected chi connectivity index (χ4v) is 10.5. The number of aryl methyl sites for hydroxylation is 2. The lowest BCUT2D eigenvalue weighted by molar-refractivity contribution is 0.292. The van der Waals surface area contributed by atoms with Gasteiger partial charge in [0, 0.05) is 50.3 Å². The average molecular weight is 1090 g/mol. The summed E-state index contributed by atoms with van der Waals surface area (Å²) in [5.74, 6) is 4.44. The van der Waals surface area contributed by atoms with Crippen LogP contribution < -0.4 is 23.8 Å². The molecule has 0 aliphatic heterocycles. The zero-order chi connectivity index (χ0) is 56.8. The summed E-state index contributed by atoms with van der Waals surface area (Å²) in [6.07, 6.45) is 18.2. The van der Waals surface area contributed by atoms with E-state index in [1.165, 1.54) is 63.4 Å². The predicted molar refractivity (Wildman–Crippen MR) is 337 cm³/mol. The first-order valence-electron chi connectivity index (χ1n) is 30.5. The summed E-state index contributed by atoms with van der Waals surface area (Å²) < 4.78 is 33.0. The van der Waals surface area contributed by atoms with Crippen LogP contribution in [0.1, 0.15) is 167 Å². The van der Waals surface area contributed by atoms with Crippen molar-refractivity contribution in [1.29, 1.82) is 0 Å². The summed E-state index contributed by atoms with van der Waals surface area (Å²) in [6, 6.07) is 53.8. The third kappa shape index (κ3) is 16.2. The van der Waals surface area contributed by atoms with Crippen molar-refractivity contribution in [2.75, 3.05) is 31.3 Å². The highest BCUT2D eigenvalue weighted by molar-refractivity contribution is 5.81.